The molecule has 1 aliphatic heterocycles. The lowest BCUT2D eigenvalue weighted by Crippen LogP contribution is -2.55. The summed E-state index contributed by atoms with van der Waals surface area (Å²) in [5.41, 5.74) is 1.42. The summed E-state index contributed by atoms with van der Waals surface area (Å²) in [6, 6.07) is 6.51. The van der Waals surface area contributed by atoms with Gasteiger partial charge >= 0.3 is 6.09 Å². The maximum Gasteiger partial charge on any atom is 0.410 e. The molecule has 2 rings (SSSR count). The Kier molecular flexibility index (Phi) is 8.69. The number of halogens is 1. The van der Waals surface area contributed by atoms with E-state index >= 15 is 0 Å². The minimum absolute atomic E-state index is 0.00203. The number of rotatable bonds is 7. The molecule has 0 radical (unpaired) electrons. The van der Waals surface area contributed by atoms with Crippen molar-refractivity contribution in [1.29, 1.82) is 0 Å². The smallest absolute Gasteiger partial charge is 0.410 e. The van der Waals surface area contributed by atoms with Crippen LogP contribution < -0.4 is 0 Å². The number of piperazine rings is 1. The van der Waals surface area contributed by atoms with Gasteiger partial charge in [-0.3, -0.25) is 4.90 Å². The molecule has 0 N–H and O–H groups in total. The zero-order valence-corrected chi connectivity index (χ0v) is 19.8. The molecule has 31 heavy (non-hydrogen) atoms. The van der Waals surface area contributed by atoms with Crippen LogP contribution in [0.2, 0.25) is 0 Å². The summed E-state index contributed by atoms with van der Waals surface area (Å²) in [5.74, 6) is 0.272. The van der Waals surface area contributed by atoms with E-state index in [-0.39, 0.29) is 24.1 Å². The standard InChI is InChI=1S/C25H37FN2O3/c1-8-18(2)14-20(4)30-23(21-10-9-11-22(26)15-21)17-27-12-13-28(19(3)16-27)24(29)31-25(5,6)7/h9-11,14-15,19,23H,4,8,12-13,16-17H2,1-3,5-7H3/b18-14-/t19-,23-/m1/s1. The second-order valence-electron chi connectivity index (χ2n) is 9.25. The van der Waals surface area contributed by atoms with Gasteiger partial charge in [0.15, 0.2) is 0 Å². The third kappa shape index (κ3) is 8.02. The average Bonchev–Trinajstić information content (AvgIpc) is 2.66. The van der Waals surface area contributed by atoms with E-state index in [9.17, 15) is 9.18 Å². The number of carbonyl (C=O) groups is 1. The van der Waals surface area contributed by atoms with Crippen molar-refractivity contribution < 1.29 is 18.7 Å². The van der Waals surface area contributed by atoms with Crippen LogP contribution in [0, 0.1) is 5.82 Å². The van der Waals surface area contributed by atoms with Crippen molar-refractivity contribution >= 4 is 6.09 Å². The summed E-state index contributed by atoms with van der Waals surface area (Å²) < 4.78 is 25.6. The molecule has 1 amide bonds. The fourth-order valence-electron chi connectivity index (χ4n) is 3.54. The summed E-state index contributed by atoms with van der Waals surface area (Å²) in [4.78, 5) is 16.5. The van der Waals surface area contributed by atoms with Crippen molar-refractivity contribution in [1.82, 2.24) is 9.80 Å². The molecule has 5 nitrogen and oxygen atoms in total. The quantitative estimate of drug-likeness (QED) is 0.410. The highest BCUT2D eigenvalue weighted by Gasteiger charge is 2.32. The number of ether oxygens (including phenoxy) is 2. The second-order valence-corrected chi connectivity index (χ2v) is 9.25. The van der Waals surface area contributed by atoms with Gasteiger partial charge in [0.1, 0.15) is 23.3 Å². The lowest BCUT2D eigenvalue weighted by molar-refractivity contribution is -0.00630. The Morgan fingerprint density at radius 3 is 2.65 bits per heavy atom. The zero-order valence-electron chi connectivity index (χ0n) is 19.8. The predicted octanol–water partition coefficient (Wildman–Crippen LogP) is 5.69. The third-order valence-corrected chi connectivity index (χ3v) is 5.24. The molecule has 0 bridgehead atoms. The molecule has 1 heterocycles. The van der Waals surface area contributed by atoms with Gasteiger partial charge < -0.3 is 14.4 Å². The first-order chi connectivity index (χ1) is 14.5. The van der Waals surface area contributed by atoms with Gasteiger partial charge in [-0.1, -0.05) is 31.2 Å². The average molecular weight is 433 g/mol. The van der Waals surface area contributed by atoms with Gasteiger partial charge in [0, 0.05) is 32.2 Å². The van der Waals surface area contributed by atoms with Gasteiger partial charge in [-0.05, 0) is 64.8 Å². The Bertz CT molecular complexity index is 800. The first-order valence-corrected chi connectivity index (χ1v) is 11.0. The summed E-state index contributed by atoms with van der Waals surface area (Å²) in [5, 5.41) is 0. The minimum atomic E-state index is -0.519. The molecule has 1 aromatic carbocycles. The molecule has 2 atom stereocenters. The van der Waals surface area contributed by atoms with E-state index in [0.29, 0.717) is 31.9 Å². The van der Waals surface area contributed by atoms with Gasteiger partial charge in [-0.25, -0.2) is 9.18 Å². The normalized spacial score (nSPS) is 19.1. The predicted molar refractivity (Wildman–Crippen MR) is 122 cm³/mol. The molecule has 0 spiro atoms. The van der Waals surface area contributed by atoms with Crippen LogP contribution in [0.4, 0.5) is 9.18 Å². The molecular formula is C25H37FN2O3. The van der Waals surface area contributed by atoms with E-state index in [1.165, 1.54) is 17.7 Å². The molecule has 0 saturated carbocycles. The van der Waals surface area contributed by atoms with Crippen LogP contribution in [0.15, 0.2) is 48.3 Å². The minimum Gasteiger partial charge on any atom is -0.485 e. The van der Waals surface area contributed by atoms with Crippen LogP contribution in [-0.2, 0) is 9.47 Å². The van der Waals surface area contributed by atoms with Gasteiger partial charge in [-0.15, -0.1) is 0 Å². The molecule has 0 unspecified atom stereocenters. The van der Waals surface area contributed by atoms with Gasteiger partial charge in [0.05, 0.1) is 0 Å². The Balaban J connectivity index is 2.09. The fourth-order valence-corrected chi connectivity index (χ4v) is 3.54. The lowest BCUT2D eigenvalue weighted by atomic mass is 10.1. The summed E-state index contributed by atoms with van der Waals surface area (Å²) in [6.45, 7) is 18.3. The Morgan fingerprint density at radius 1 is 1.35 bits per heavy atom. The molecule has 172 valence electrons. The fraction of sp³-hybridized carbons (Fsp3) is 0.560. The number of nitrogens with zero attached hydrogens (tertiary/aromatic N) is 2. The molecule has 1 aromatic rings. The first kappa shape index (κ1) is 24.9. The molecule has 1 fully saturated rings. The number of hydrogen-bond donors (Lipinski definition) is 0. The summed E-state index contributed by atoms with van der Waals surface area (Å²) >= 11 is 0. The van der Waals surface area contributed by atoms with Crippen LogP contribution in [0.1, 0.15) is 59.6 Å². The zero-order chi connectivity index (χ0) is 23.2. The molecular weight excluding hydrogens is 395 g/mol. The summed E-state index contributed by atoms with van der Waals surface area (Å²) in [7, 11) is 0. The lowest BCUT2D eigenvalue weighted by Gasteiger charge is -2.41. The van der Waals surface area contributed by atoms with Crippen molar-refractivity contribution in [2.75, 3.05) is 26.2 Å². The topological polar surface area (TPSA) is 42.0 Å². The van der Waals surface area contributed by atoms with E-state index in [1.807, 2.05) is 46.8 Å². The molecule has 6 heteroatoms. The monoisotopic (exact) mass is 432 g/mol. The highest BCUT2D eigenvalue weighted by molar-refractivity contribution is 5.68. The van der Waals surface area contributed by atoms with Crippen molar-refractivity contribution in [3.05, 3.63) is 59.6 Å². The van der Waals surface area contributed by atoms with Crippen LogP contribution >= 0.6 is 0 Å². The van der Waals surface area contributed by atoms with E-state index in [4.69, 9.17) is 9.47 Å². The van der Waals surface area contributed by atoms with Gasteiger partial charge in [0.2, 0.25) is 0 Å². The molecule has 0 aliphatic carbocycles. The first-order valence-electron chi connectivity index (χ1n) is 11.0. The molecule has 1 saturated heterocycles. The third-order valence-electron chi connectivity index (χ3n) is 5.24. The SMILES string of the molecule is C=C(/C=C(/C)CC)O[C@H](CN1CCN(C(=O)OC(C)(C)C)[C@H](C)C1)c1cccc(F)c1. The Morgan fingerprint density at radius 2 is 2.06 bits per heavy atom. The van der Waals surface area contributed by atoms with E-state index in [1.54, 1.807) is 11.0 Å². The second kappa shape index (κ2) is 10.8. The van der Waals surface area contributed by atoms with E-state index < -0.39 is 5.60 Å². The Labute approximate surface area is 186 Å². The number of hydrogen-bond acceptors (Lipinski definition) is 4. The maximum absolute atomic E-state index is 13.9. The number of benzene rings is 1. The van der Waals surface area contributed by atoms with E-state index in [0.717, 1.165) is 12.0 Å². The van der Waals surface area contributed by atoms with Crippen molar-refractivity contribution in [2.24, 2.45) is 0 Å². The van der Waals surface area contributed by atoms with Crippen LogP contribution in [-0.4, -0.2) is 53.7 Å². The van der Waals surface area contributed by atoms with Crippen molar-refractivity contribution in [3.63, 3.8) is 0 Å². The molecule has 1 aliphatic rings. The van der Waals surface area contributed by atoms with Crippen molar-refractivity contribution in [2.45, 2.75) is 65.7 Å². The van der Waals surface area contributed by atoms with Gasteiger partial charge in [0.25, 0.3) is 0 Å². The van der Waals surface area contributed by atoms with Crippen LogP contribution in [0.25, 0.3) is 0 Å². The van der Waals surface area contributed by atoms with Gasteiger partial charge in [-0.2, -0.15) is 0 Å². The van der Waals surface area contributed by atoms with Crippen LogP contribution in [0.5, 0.6) is 0 Å². The highest BCUT2D eigenvalue weighted by atomic mass is 19.1. The largest absolute Gasteiger partial charge is 0.485 e. The maximum atomic E-state index is 13.9. The van der Waals surface area contributed by atoms with Crippen molar-refractivity contribution in [3.8, 4) is 0 Å². The number of carbonyl (C=O) groups excluding carboxylic acids is 1. The summed E-state index contributed by atoms with van der Waals surface area (Å²) in [6.07, 6.45) is 2.20. The Hall–Kier alpha value is -2.34. The highest BCUT2D eigenvalue weighted by Crippen LogP contribution is 2.25. The molecule has 0 aromatic heterocycles. The number of allylic oxidation sites excluding steroid dienone is 2. The van der Waals surface area contributed by atoms with Crippen LogP contribution in [0.3, 0.4) is 0 Å². The number of amides is 1. The van der Waals surface area contributed by atoms with E-state index in [2.05, 4.69) is 18.4 Å².